The molecule has 0 aliphatic carbocycles. The SMILES string of the molecule is Cc1cccc(CSC[C@@H]2CCCN2)c1. The Morgan fingerprint density at radius 1 is 1.47 bits per heavy atom. The van der Waals surface area contributed by atoms with Gasteiger partial charge < -0.3 is 5.32 Å². The average Bonchev–Trinajstić information content (AvgIpc) is 2.71. The Labute approximate surface area is 96.7 Å². The van der Waals surface area contributed by atoms with Gasteiger partial charge in [-0.05, 0) is 31.9 Å². The minimum atomic E-state index is 0.764. The van der Waals surface area contributed by atoms with E-state index >= 15 is 0 Å². The molecule has 0 amide bonds. The second-order valence-corrected chi connectivity index (χ2v) is 5.33. The summed E-state index contributed by atoms with van der Waals surface area (Å²) in [4.78, 5) is 0. The Morgan fingerprint density at radius 3 is 3.13 bits per heavy atom. The lowest BCUT2D eigenvalue weighted by Gasteiger charge is -2.09. The van der Waals surface area contributed by atoms with E-state index in [1.165, 1.54) is 36.3 Å². The van der Waals surface area contributed by atoms with E-state index in [-0.39, 0.29) is 0 Å². The van der Waals surface area contributed by atoms with Crippen LogP contribution in [0.25, 0.3) is 0 Å². The predicted molar refractivity (Wildman–Crippen MR) is 68.4 cm³/mol. The topological polar surface area (TPSA) is 12.0 Å². The van der Waals surface area contributed by atoms with Crippen LogP contribution in [-0.4, -0.2) is 18.3 Å². The highest BCUT2D eigenvalue weighted by Gasteiger charge is 2.13. The number of aryl methyl sites for hydroxylation is 1. The van der Waals surface area contributed by atoms with Crippen molar-refractivity contribution in [1.82, 2.24) is 5.32 Å². The van der Waals surface area contributed by atoms with Crippen molar-refractivity contribution in [3.63, 3.8) is 0 Å². The van der Waals surface area contributed by atoms with Crippen LogP contribution in [0.15, 0.2) is 24.3 Å². The van der Waals surface area contributed by atoms with E-state index in [9.17, 15) is 0 Å². The van der Waals surface area contributed by atoms with Gasteiger partial charge in [0.25, 0.3) is 0 Å². The Hall–Kier alpha value is -0.470. The van der Waals surface area contributed by atoms with Crippen LogP contribution in [0.4, 0.5) is 0 Å². The first-order valence-corrected chi connectivity index (χ1v) is 6.87. The first kappa shape index (κ1) is 11.0. The molecule has 1 aromatic carbocycles. The van der Waals surface area contributed by atoms with Crippen molar-refractivity contribution in [2.75, 3.05) is 12.3 Å². The maximum atomic E-state index is 3.53. The van der Waals surface area contributed by atoms with Gasteiger partial charge in [-0.15, -0.1) is 0 Å². The second-order valence-electron chi connectivity index (χ2n) is 4.30. The van der Waals surface area contributed by atoms with Crippen LogP contribution < -0.4 is 5.32 Å². The lowest BCUT2D eigenvalue weighted by molar-refractivity contribution is 0.674. The van der Waals surface area contributed by atoms with Gasteiger partial charge in [0.1, 0.15) is 0 Å². The van der Waals surface area contributed by atoms with Crippen LogP contribution in [0, 0.1) is 6.92 Å². The van der Waals surface area contributed by atoms with Gasteiger partial charge in [-0.1, -0.05) is 29.8 Å². The Bertz CT molecular complexity index is 305. The van der Waals surface area contributed by atoms with Gasteiger partial charge in [0.15, 0.2) is 0 Å². The fraction of sp³-hybridized carbons (Fsp3) is 0.538. The second kappa shape index (κ2) is 5.57. The number of nitrogens with one attached hydrogen (secondary N) is 1. The number of benzene rings is 1. The molecule has 1 nitrogen and oxygen atoms in total. The van der Waals surface area contributed by atoms with Crippen molar-refractivity contribution >= 4 is 11.8 Å². The van der Waals surface area contributed by atoms with E-state index < -0.39 is 0 Å². The van der Waals surface area contributed by atoms with Crippen LogP contribution in [0.5, 0.6) is 0 Å². The van der Waals surface area contributed by atoms with E-state index in [2.05, 4.69) is 36.5 Å². The smallest absolute Gasteiger partial charge is 0.0185 e. The molecule has 1 heterocycles. The van der Waals surface area contributed by atoms with Gasteiger partial charge in [0.05, 0.1) is 0 Å². The average molecular weight is 221 g/mol. The number of hydrogen-bond acceptors (Lipinski definition) is 2. The summed E-state index contributed by atoms with van der Waals surface area (Å²) in [6.45, 7) is 3.38. The molecule has 0 bridgehead atoms. The normalized spacial score (nSPS) is 20.7. The molecular formula is C13H19NS. The van der Waals surface area contributed by atoms with Crippen LogP contribution in [0.1, 0.15) is 24.0 Å². The molecule has 1 N–H and O–H groups in total. The third-order valence-corrected chi connectivity index (χ3v) is 4.01. The molecule has 15 heavy (non-hydrogen) atoms. The number of hydrogen-bond donors (Lipinski definition) is 1. The number of rotatable bonds is 4. The zero-order valence-corrected chi connectivity index (χ0v) is 10.1. The summed E-state index contributed by atoms with van der Waals surface area (Å²) < 4.78 is 0. The molecule has 1 aliphatic heterocycles. The van der Waals surface area contributed by atoms with Gasteiger partial charge in [0.2, 0.25) is 0 Å². The summed E-state index contributed by atoms with van der Waals surface area (Å²) in [5.41, 5.74) is 2.82. The zero-order chi connectivity index (χ0) is 10.5. The molecular weight excluding hydrogens is 202 g/mol. The molecule has 1 aromatic rings. The van der Waals surface area contributed by atoms with Crippen molar-refractivity contribution in [2.45, 2.75) is 31.6 Å². The quantitative estimate of drug-likeness (QED) is 0.839. The molecule has 0 spiro atoms. The van der Waals surface area contributed by atoms with Crippen LogP contribution >= 0.6 is 11.8 Å². The molecule has 1 saturated heterocycles. The highest BCUT2D eigenvalue weighted by atomic mass is 32.2. The Morgan fingerprint density at radius 2 is 2.40 bits per heavy atom. The first-order chi connectivity index (χ1) is 7.34. The summed E-state index contributed by atoms with van der Waals surface area (Å²) in [6, 6.07) is 9.59. The minimum Gasteiger partial charge on any atom is -0.313 e. The fourth-order valence-corrected chi connectivity index (χ4v) is 3.12. The van der Waals surface area contributed by atoms with Gasteiger partial charge in [-0.3, -0.25) is 0 Å². The predicted octanol–water partition coefficient (Wildman–Crippen LogP) is 2.98. The van der Waals surface area contributed by atoms with Gasteiger partial charge >= 0.3 is 0 Å². The summed E-state index contributed by atoms with van der Waals surface area (Å²) in [7, 11) is 0. The minimum absolute atomic E-state index is 0.764. The third-order valence-electron chi connectivity index (χ3n) is 2.83. The summed E-state index contributed by atoms with van der Waals surface area (Å²) in [6.07, 6.45) is 2.72. The monoisotopic (exact) mass is 221 g/mol. The molecule has 0 unspecified atom stereocenters. The van der Waals surface area contributed by atoms with Crippen molar-refractivity contribution < 1.29 is 0 Å². The van der Waals surface area contributed by atoms with Crippen LogP contribution in [-0.2, 0) is 5.75 Å². The summed E-state index contributed by atoms with van der Waals surface area (Å²) in [5, 5.41) is 3.53. The molecule has 2 rings (SSSR count). The van der Waals surface area contributed by atoms with Crippen molar-refractivity contribution in [2.24, 2.45) is 0 Å². The van der Waals surface area contributed by atoms with Crippen LogP contribution in [0.2, 0.25) is 0 Å². The molecule has 0 aromatic heterocycles. The summed E-state index contributed by atoms with van der Waals surface area (Å²) >= 11 is 2.05. The molecule has 82 valence electrons. The lowest BCUT2D eigenvalue weighted by atomic mass is 10.2. The van der Waals surface area contributed by atoms with Crippen LogP contribution in [0.3, 0.4) is 0 Å². The molecule has 1 aliphatic rings. The van der Waals surface area contributed by atoms with E-state index in [0.29, 0.717) is 0 Å². The van der Waals surface area contributed by atoms with Crippen molar-refractivity contribution in [1.29, 1.82) is 0 Å². The van der Waals surface area contributed by atoms with E-state index in [1.54, 1.807) is 0 Å². The van der Waals surface area contributed by atoms with Gasteiger partial charge in [0, 0.05) is 17.5 Å². The standard InChI is InChI=1S/C13H19NS/c1-11-4-2-5-12(8-11)9-15-10-13-6-3-7-14-13/h2,4-5,8,13-14H,3,6-7,9-10H2,1H3/t13-/m0/s1. The molecule has 1 fully saturated rings. The third kappa shape index (κ3) is 3.54. The van der Waals surface area contributed by atoms with Crippen molar-refractivity contribution in [3.05, 3.63) is 35.4 Å². The van der Waals surface area contributed by atoms with Gasteiger partial charge in [-0.25, -0.2) is 0 Å². The maximum Gasteiger partial charge on any atom is 0.0185 e. The fourth-order valence-electron chi connectivity index (χ4n) is 2.02. The van der Waals surface area contributed by atoms with E-state index in [0.717, 1.165) is 11.8 Å². The lowest BCUT2D eigenvalue weighted by Crippen LogP contribution is -2.23. The maximum absolute atomic E-state index is 3.53. The molecule has 1 atom stereocenters. The van der Waals surface area contributed by atoms with Gasteiger partial charge in [-0.2, -0.15) is 11.8 Å². The van der Waals surface area contributed by atoms with Crippen molar-refractivity contribution in [3.8, 4) is 0 Å². The highest BCUT2D eigenvalue weighted by molar-refractivity contribution is 7.98. The molecule has 0 saturated carbocycles. The molecule has 0 radical (unpaired) electrons. The molecule has 2 heteroatoms. The highest BCUT2D eigenvalue weighted by Crippen LogP contribution is 2.17. The Balaban J connectivity index is 1.73. The largest absolute Gasteiger partial charge is 0.313 e. The Kier molecular flexibility index (Phi) is 4.09. The first-order valence-electron chi connectivity index (χ1n) is 5.71. The summed E-state index contributed by atoms with van der Waals surface area (Å²) in [5.74, 6) is 2.41. The van der Waals surface area contributed by atoms with E-state index in [4.69, 9.17) is 0 Å². The van der Waals surface area contributed by atoms with E-state index in [1.807, 2.05) is 11.8 Å². The number of thioether (sulfide) groups is 1. The zero-order valence-electron chi connectivity index (χ0n) is 9.33.